The highest BCUT2D eigenvalue weighted by molar-refractivity contribution is 6.30. The maximum Gasteiger partial charge on any atom is 0.226 e. The number of carbonyl (C=O) groups excluding carboxylic acids is 1. The molecular weight excluding hydrogens is 288 g/mol. The van der Waals surface area contributed by atoms with Gasteiger partial charge in [0, 0.05) is 29.6 Å². The summed E-state index contributed by atoms with van der Waals surface area (Å²) in [6, 6.07) is 7.45. The lowest BCUT2D eigenvalue weighted by molar-refractivity contribution is -0.112. The highest BCUT2D eigenvalue weighted by Gasteiger charge is 2.20. The lowest BCUT2D eigenvalue weighted by Gasteiger charge is -2.29. The van der Waals surface area contributed by atoms with Crippen molar-refractivity contribution in [1.82, 2.24) is 9.88 Å². The molecule has 1 saturated heterocycles. The Morgan fingerprint density at radius 3 is 3.19 bits per heavy atom. The monoisotopic (exact) mass is 304 g/mol. The SMILES string of the molecule is O=CC1CCCN(Cc2coc(-c3cccc(Cl)c3)n2)C1. The average Bonchev–Trinajstić information content (AvgIpc) is 2.96. The summed E-state index contributed by atoms with van der Waals surface area (Å²) in [5, 5.41) is 0.664. The molecule has 3 rings (SSSR count). The lowest BCUT2D eigenvalue weighted by Crippen LogP contribution is -2.35. The molecule has 21 heavy (non-hydrogen) atoms. The molecule has 0 radical (unpaired) electrons. The van der Waals surface area contributed by atoms with Gasteiger partial charge in [-0.3, -0.25) is 4.90 Å². The normalized spacial score (nSPS) is 19.6. The van der Waals surface area contributed by atoms with Crippen molar-refractivity contribution in [3.63, 3.8) is 0 Å². The Balaban J connectivity index is 1.69. The number of rotatable bonds is 4. The van der Waals surface area contributed by atoms with Gasteiger partial charge in [0.1, 0.15) is 12.5 Å². The molecule has 1 aromatic carbocycles. The van der Waals surface area contributed by atoms with E-state index in [-0.39, 0.29) is 5.92 Å². The quantitative estimate of drug-likeness (QED) is 0.812. The minimum absolute atomic E-state index is 0.151. The fourth-order valence-electron chi connectivity index (χ4n) is 2.71. The predicted octanol–water partition coefficient (Wildman–Crippen LogP) is 3.41. The lowest BCUT2D eigenvalue weighted by atomic mass is 10.00. The van der Waals surface area contributed by atoms with Crippen molar-refractivity contribution in [1.29, 1.82) is 0 Å². The van der Waals surface area contributed by atoms with Crippen molar-refractivity contribution in [2.24, 2.45) is 5.92 Å². The number of carbonyl (C=O) groups is 1. The molecule has 1 aliphatic heterocycles. The number of piperidine rings is 1. The number of aldehydes is 1. The number of aromatic nitrogens is 1. The molecule has 0 N–H and O–H groups in total. The van der Waals surface area contributed by atoms with Crippen LogP contribution in [0, 0.1) is 5.92 Å². The number of benzene rings is 1. The van der Waals surface area contributed by atoms with Crippen LogP contribution in [0.5, 0.6) is 0 Å². The van der Waals surface area contributed by atoms with E-state index in [1.54, 1.807) is 6.26 Å². The Bertz CT molecular complexity index is 626. The van der Waals surface area contributed by atoms with Gasteiger partial charge >= 0.3 is 0 Å². The number of hydrogen-bond donors (Lipinski definition) is 0. The first kappa shape index (κ1) is 14.3. The molecule has 0 saturated carbocycles. The van der Waals surface area contributed by atoms with Crippen LogP contribution in [0.1, 0.15) is 18.5 Å². The third-order valence-corrected chi connectivity index (χ3v) is 3.98. The Morgan fingerprint density at radius 2 is 2.38 bits per heavy atom. The van der Waals surface area contributed by atoms with Crippen LogP contribution in [0.15, 0.2) is 34.9 Å². The summed E-state index contributed by atoms with van der Waals surface area (Å²) in [7, 11) is 0. The Hall–Kier alpha value is -1.65. The van der Waals surface area contributed by atoms with E-state index in [1.165, 1.54) is 0 Å². The smallest absolute Gasteiger partial charge is 0.226 e. The van der Waals surface area contributed by atoms with Gasteiger partial charge in [-0.25, -0.2) is 4.98 Å². The molecule has 0 spiro atoms. The van der Waals surface area contributed by atoms with Crippen LogP contribution < -0.4 is 0 Å². The van der Waals surface area contributed by atoms with E-state index in [1.807, 2.05) is 24.3 Å². The molecule has 1 atom stereocenters. The van der Waals surface area contributed by atoms with Gasteiger partial charge in [-0.2, -0.15) is 0 Å². The second-order valence-electron chi connectivity index (χ2n) is 5.43. The maximum atomic E-state index is 10.9. The number of nitrogens with zero attached hydrogens (tertiary/aromatic N) is 2. The van der Waals surface area contributed by atoms with Gasteiger partial charge in [-0.1, -0.05) is 17.7 Å². The number of halogens is 1. The molecule has 0 aliphatic carbocycles. The Morgan fingerprint density at radius 1 is 1.48 bits per heavy atom. The average molecular weight is 305 g/mol. The molecule has 1 aliphatic rings. The summed E-state index contributed by atoms with van der Waals surface area (Å²) in [4.78, 5) is 17.7. The second-order valence-corrected chi connectivity index (χ2v) is 5.86. The molecule has 0 amide bonds. The van der Waals surface area contributed by atoms with Crippen molar-refractivity contribution in [3.8, 4) is 11.5 Å². The van der Waals surface area contributed by atoms with Crippen LogP contribution in [0.25, 0.3) is 11.5 Å². The summed E-state index contributed by atoms with van der Waals surface area (Å²) in [6.07, 6.45) is 4.79. The van der Waals surface area contributed by atoms with Gasteiger partial charge in [0.2, 0.25) is 5.89 Å². The number of likely N-dealkylation sites (tertiary alicyclic amines) is 1. The van der Waals surface area contributed by atoms with Gasteiger partial charge in [-0.05, 0) is 37.6 Å². The van der Waals surface area contributed by atoms with Crippen molar-refractivity contribution >= 4 is 17.9 Å². The van der Waals surface area contributed by atoms with Gasteiger partial charge < -0.3 is 9.21 Å². The van der Waals surface area contributed by atoms with Crippen molar-refractivity contribution in [2.75, 3.05) is 13.1 Å². The Kier molecular flexibility index (Phi) is 4.36. The van der Waals surface area contributed by atoms with Crippen LogP contribution >= 0.6 is 11.6 Å². The molecule has 1 fully saturated rings. The molecule has 5 heteroatoms. The second kappa shape index (κ2) is 6.41. The summed E-state index contributed by atoms with van der Waals surface area (Å²) >= 11 is 5.98. The first-order chi connectivity index (χ1) is 10.2. The summed E-state index contributed by atoms with van der Waals surface area (Å²) in [6.45, 7) is 2.53. The molecule has 2 heterocycles. The van der Waals surface area contributed by atoms with Gasteiger partial charge in [0.25, 0.3) is 0 Å². The van der Waals surface area contributed by atoms with Gasteiger partial charge in [-0.15, -0.1) is 0 Å². The molecule has 2 aromatic rings. The van der Waals surface area contributed by atoms with E-state index < -0.39 is 0 Å². The molecule has 1 aromatic heterocycles. The van der Waals surface area contributed by atoms with E-state index >= 15 is 0 Å². The first-order valence-corrected chi connectivity index (χ1v) is 7.50. The minimum Gasteiger partial charge on any atom is -0.444 e. The maximum absolute atomic E-state index is 10.9. The third kappa shape index (κ3) is 3.52. The molecule has 0 bridgehead atoms. The van der Waals surface area contributed by atoms with Crippen LogP contribution in [-0.2, 0) is 11.3 Å². The molecular formula is C16H17ClN2O2. The summed E-state index contributed by atoms with van der Waals surface area (Å²) < 4.78 is 5.53. The first-order valence-electron chi connectivity index (χ1n) is 7.12. The zero-order valence-corrected chi connectivity index (χ0v) is 12.4. The summed E-state index contributed by atoms with van der Waals surface area (Å²) in [5.41, 5.74) is 1.76. The fraction of sp³-hybridized carbons (Fsp3) is 0.375. The highest BCUT2D eigenvalue weighted by atomic mass is 35.5. The van der Waals surface area contributed by atoms with Crippen LogP contribution in [-0.4, -0.2) is 29.3 Å². The zero-order chi connectivity index (χ0) is 14.7. The number of oxazole rings is 1. The van der Waals surface area contributed by atoms with Crippen LogP contribution in [0.4, 0.5) is 0 Å². The fourth-order valence-corrected chi connectivity index (χ4v) is 2.90. The molecule has 110 valence electrons. The van der Waals surface area contributed by atoms with Crippen molar-refractivity contribution in [3.05, 3.63) is 41.2 Å². The minimum atomic E-state index is 0.151. The molecule has 1 unspecified atom stereocenters. The largest absolute Gasteiger partial charge is 0.444 e. The van der Waals surface area contributed by atoms with E-state index in [2.05, 4.69) is 9.88 Å². The predicted molar refractivity (Wildman–Crippen MR) is 81.0 cm³/mol. The zero-order valence-electron chi connectivity index (χ0n) is 11.7. The van der Waals surface area contributed by atoms with E-state index in [0.29, 0.717) is 17.5 Å². The summed E-state index contributed by atoms with van der Waals surface area (Å²) in [5.74, 6) is 0.731. The topological polar surface area (TPSA) is 46.3 Å². The van der Waals surface area contributed by atoms with Crippen molar-refractivity contribution in [2.45, 2.75) is 19.4 Å². The van der Waals surface area contributed by atoms with Gasteiger partial charge in [0.15, 0.2) is 0 Å². The highest BCUT2D eigenvalue weighted by Crippen LogP contribution is 2.23. The van der Waals surface area contributed by atoms with Crippen LogP contribution in [0.3, 0.4) is 0 Å². The van der Waals surface area contributed by atoms with Crippen LogP contribution in [0.2, 0.25) is 5.02 Å². The van der Waals surface area contributed by atoms with E-state index in [0.717, 1.165) is 43.5 Å². The third-order valence-electron chi connectivity index (χ3n) is 3.74. The standard InChI is InChI=1S/C16H17ClN2O2/c17-14-5-1-4-13(7-14)16-18-15(11-21-16)9-19-6-2-3-12(8-19)10-20/h1,4-5,7,10-12H,2-3,6,8-9H2. The van der Waals surface area contributed by atoms with E-state index in [9.17, 15) is 4.79 Å². The number of hydrogen-bond acceptors (Lipinski definition) is 4. The Labute approximate surface area is 128 Å². The van der Waals surface area contributed by atoms with Gasteiger partial charge in [0.05, 0.1) is 5.69 Å². The molecule has 4 nitrogen and oxygen atoms in total. The van der Waals surface area contributed by atoms with E-state index in [4.69, 9.17) is 16.0 Å². The van der Waals surface area contributed by atoms with Crippen molar-refractivity contribution < 1.29 is 9.21 Å².